The number of nitrogens with zero attached hydrogens (tertiary/aromatic N) is 1. The zero-order valence-electron chi connectivity index (χ0n) is 13.5. The van der Waals surface area contributed by atoms with Gasteiger partial charge in [0.05, 0.1) is 15.3 Å². The molecule has 0 aliphatic rings. The van der Waals surface area contributed by atoms with Crippen LogP contribution in [-0.4, -0.2) is 19.7 Å². The van der Waals surface area contributed by atoms with Crippen LogP contribution in [0.3, 0.4) is 0 Å². The second-order valence-electron chi connectivity index (χ2n) is 5.94. The van der Waals surface area contributed by atoms with Crippen LogP contribution in [0.15, 0.2) is 77.3 Å². The second kappa shape index (κ2) is 6.10. The quantitative estimate of drug-likeness (QED) is 0.511. The monoisotopic (exact) mass is 365 g/mol. The minimum absolute atomic E-state index is 0.339. The van der Waals surface area contributed by atoms with Crippen LogP contribution in [0.2, 0.25) is 0 Å². The third-order valence-corrected chi connectivity index (χ3v) is 6.12. The summed E-state index contributed by atoms with van der Waals surface area (Å²) in [7, 11) is -3.17. The van der Waals surface area contributed by atoms with Crippen molar-refractivity contribution in [2.45, 2.75) is 4.90 Å². The molecule has 0 saturated carbocycles. The van der Waals surface area contributed by atoms with Gasteiger partial charge in [0.25, 0.3) is 0 Å². The number of sulfone groups is 1. The molecule has 0 N–H and O–H groups in total. The molecule has 0 atom stereocenters. The molecular formula is C20H15NO2S2. The average Bonchev–Trinajstić information content (AvgIpc) is 3.15. The van der Waals surface area contributed by atoms with Crippen molar-refractivity contribution >= 4 is 31.9 Å². The maximum Gasteiger partial charge on any atom is 0.175 e. The molecule has 4 aromatic rings. The smallest absolute Gasteiger partial charge is 0.175 e. The summed E-state index contributed by atoms with van der Waals surface area (Å²) in [5, 5.41) is 2.32. The number of hydrogen-bond donors (Lipinski definition) is 0. The number of benzene rings is 3. The standard InChI is InChI=1S/C20H15NO2S2/c1-25(22,23)19-8-6-14(7-9-19)15-2-3-17-11-18(5-4-16(17)10-15)20-12-21-13-24-20/h2-13H,1H3. The van der Waals surface area contributed by atoms with Gasteiger partial charge in [-0.05, 0) is 51.7 Å². The summed E-state index contributed by atoms with van der Waals surface area (Å²) in [5.74, 6) is 0. The van der Waals surface area contributed by atoms with Crippen LogP contribution in [-0.2, 0) is 9.84 Å². The van der Waals surface area contributed by atoms with Crippen LogP contribution in [0.25, 0.3) is 32.3 Å². The molecule has 0 spiro atoms. The molecule has 25 heavy (non-hydrogen) atoms. The van der Waals surface area contributed by atoms with E-state index in [4.69, 9.17) is 0 Å². The van der Waals surface area contributed by atoms with E-state index in [1.807, 2.05) is 23.8 Å². The van der Waals surface area contributed by atoms with Gasteiger partial charge in [-0.1, -0.05) is 36.4 Å². The summed E-state index contributed by atoms with van der Waals surface area (Å²) in [6, 6.07) is 19.7. The predicted molar refractivity (Wildman–Crippen MR) is 104 cm³/mol. The molecule has 0 saturated heterocycles. The van der Waals surface area contributed by atoms with Crippen molar-refractivity contribution in [3.05, 3.63) is 72.4 Å². The van der Waals surface area contributed by atoms with Crippen LogP contribution in [0.4, 0.5) is 0 Å². The molecule has 1 heterocycles. The fourth-order valence-corrected chi connectivity index (χ4v) is 4.08. The van der Waals surface area contributed by atoms with E-state index in [-0.39, 0.29) is 0 Å². The van der Waals surface area contributed by atoms with Gasteiger partial charge in [0.1, 0.15) is 0 Å². The van der Waals surface area contributed by atoms with Gasteiger partial charge in [0.15, 0.2) is 9.84 Å². The molecule has 0 unspecified atom stereocenters. The topological polar surface area (TPSA) is 47.0 Å². The molecular weight excluding hydrogens is 350 g/mol. The highest BCUT2D eigenvalue weighted by Crippen LogP contribution is 2.30. The Morgan fingerprint density at radius 1 is 0.800 bits per heavy atom. The highest BCUT2D eigenvalue weighted by atomic mass is 32.2. The number of aromatic nitrogens is 1. The summed E-state index contributed by atoms with van der Waals surface area (Å²) in [5.41, 5.74) is 5.07. The van der Waals surface area contributed by atoms with E-state index in [1.54, 1.807) is 23.5 Å². The summed E-state index contributed by atoms with van der Waals surface area (Å²) in [4.78, 5) is 5.63. The molecule has 3 aromatic carbocycles. The van der Waals surface area contributed by atoms with E-state index in [9.17, 15) is 8.42 Å². The van der Waals surface area contributed by atoms with Gasteiger partial charge in [0, 0.05) is 12.5 Å². The molecule has 4 rings (SSSR count). The highest BCUT2D eigenvalue weighted by Gasteiger charge is 2.08. The van der Waals surface area contributed by atoms with Crippen LogP contribution in [0, 0.1) is 0 Å². The summed E-state index contributed by atoms with van der Waals surface area (Å²) in [6.07, 6.45) is 3.10. The van der Waals surface area contributed by atoms with Crippen molar-refractivity contribution < 1.29 is 8.42 Å². The van der Waals surface area contributed by atoms with Gasteiger partial charge in [-0.15, -0.1) is 11.3 Å². The molecule has 1 aromatic heterocycles. The third kappa shape index (κ3) is 3.21. The zero-order chi connectivity index (χ0) is 17.4. The Morgan fingerprint density at radius 3 is 2.00 bits per heavy atom. The fraction of sp³-hybridized carbons (Fsp3) is 0.0500. The third-order valence-electron chi connectivity index (χ3n) is 4.17. The Hall–Kier alpha value is -2.50. The first-order valence-corrected chi connectivity index (χ1v) is 10.5. The van der Waals surface area contributed by atoms with Crippen molar-refractivity contribution in [2.24, 2.45) is 0 Å². The fourth-order valence-electron chi connectivity index (χ4n) is 2.83. The SMILES string of the molecule is CS(=O)(=O)c1ccc(-c2ccc3cc(-c4cncs4)ccc3c2)cc1. The number of thiazole rings is 1. The van der Waals surface area contributed by atoms with Crippen LogP contribution in [0.5, 0.6) is 0 Å². The molecule has 0 radical (unpaired) electrons. The van der Waals surface area contributed by atoms with E-state index in [1.165, 1.54) is 17.2 Å². The maximum atomic E-state index is 11.6. The minimum Gasteiger partial charge on any atom is -0.252 e. The Balaban J connectivity index is 1.73. The molecule has 0 aliphatic heterocycles. The molecule has 0 bridgehead atoms. The minimum atomic E-state index is -3.17. The number of rotatable bonds is 3. The average molecular weight is 365 g/mol. The Kier molecular flexibility index (Phi) is 3.90. The Bertz CT molecular complexity index is 1150. The molecule has 5 heteroatoms. The molecule has 0 amide bonds. The first-order chi connectivity index (χ1) is 12.0. The van der Waals surface area contributed by atoms with Crippen molar-refractivity contribution in [1.82, 2.24) is 4.98 Å². The first kappa shape index (κ1) is 16.0. The van der Waals surface area contributed by atoms with E-state index in [0.717, 1.165) is 21.4 Å². The Morgan fingerprint density at radius 2 is 1.40 bits per heavy atom. The van der Waals surface area contributed by atoms with Gasteiger partial charge >= 0.3 is 0 Å². The molecule has 124 valence electrons. The van der Waals surface area contributed by atoms with Crippen molar-refractivity contribution in [2.75, 3.05) is 6.26 Å². The summed E-state index contributed by atoms with van der Waals surface area (Å²) < 4.78 is 23.2. The molecule has 0 fully saturated rings. The lowest BCUT2D eigenvalue weighted by molar-refractivity contribution is 0.602. The lowest BCUT2D eigenvalue weighted by Crippen LogP contribution is -1.96. The normalized spacial score (nSPS) is 11.7. The first-order valence-electron chi connectivity index (χ1n) is 7.74. The van der Waals surface area contributed by atoms with E-state index >= 15 is 0 Å². The van der Waals surface area contributed by atoms with Crippen molar-refractivity contribution in [1.29, 1.82) is 0 Å². The van der Waals surface area contributed by atoms with E-state index in [2.05, 4.69) is 41.4 Å². The lowest BCUT2D eigenvalue weighted by Gasteiger charge is -2.07. The van der Waals surface area contributed by atoms with Gasteiger partial charge in [-0.3, -0.25) is 4.98 Å². The summed E-state index contributed by atoms with van der Waals surface area (Å²) >= 11 is 1.63. The van der Waals surface area contributed by atoms with Gasteiger partial charge in [0.2, 0.25) is 0 Å². The predicted octanol–water partition coefficient (Wildman–Crippen LogP) is 5.03. The van der Waals surface area contributed by atoms with E-state index in [0.29, 0.717) is 4.90 Å². The zero-order valence-corrected chi connectivity index (χ0v) is 15.1. The Labute approximate surface area is 150 Å². The number of fused-ring (bicyclic) bond motifs is 1. The van der Waals surface area contributed by atoms with Crippen LogP contribution >= 0.6 is 11.3 Å². The molecule has 3 nitrogen and oxygen atoms in total. The largest absolute Gasteiger partial charge is 0.252 e. The lowest BCUT2D eigenvalue weighted by atomic mass is 10.00. The van der Waals surface area contributed by atoms with Crippen LogP contribution < -0.4 is 0 Å². The summed E-state index contributed by atoms with van der Waals surface area (Å²) in [6.45, 7) is 0. The van der Waals surface area contributed by atoms with Gasteiger partial charge < -0.3 is 0 Å². The van der Waals surface area contributed by atoms with Crippen molar-refractivity contribution in [3.63, 3.8) is 0 Å². The van der Waals surface area contributed by atoms with Crippen LogP contribution in [0.1, 0.15) is 0 Å². The highest BCUT2D eigenvalue weighted by molar-refractivity contribution is 7.90. The number of hydrogen-bond acceptors (Lipinski definition) is 4. The van der Waals surface area contributed by atoms with Gasteiger partial charge in [-0.2, -0.15) is 0 Å². The second-order valence-corrected chi connectivity index (χ2v) is 8.84. The maximum absolute atomic E-state index is 11.6. The molecule has 0 aliphatic carbocycles. The van der Waals surface area contributed by atoms with E-state index < -0.39 is 9.84 Å². The van der Waals surface area contributed by atoms with Gasteiger partial charge in [-0.25, -0.2) is 8.42 Å². The van der Waals surface area contributed by atoms with Crippen molar-refractivity contribution in [3.8, 4) is 21.6 Å².